The van der Waals surface area contributed by atoms with Crippen LogP contribution in [0.4, 0.5) is 24.5 Å². The van der Waals surface area contributed by atoms with E-state index in [0.717, 1.165) is 43.1 Å². The van der Waals surface area contributed by atoms with Crippen molar-refractivity contribution in [1.82, 2.24) is 4.57 Å². The summed E-state index contributed by atoms with van der Waals surface area (Å²) in [5, 5.41) is 2.49. The first-order valence-electron chi connectivity index (χ1n) is 9.98. The molecule has 1 fully saturated rings. The third kappa shape index (κ3) is 4.43. The third-order valence-corrected chi connectivity index (χ3v) is 5.74. The van der Waals surface area contributed by atoms with E-state index in [4.69, 9.17) is 0 Å². The summed E-state index contributed by atoms with van der Waals surface area (Å²) in [5.41, 5.74) is 1.56. The average Bonchev–Trinajstić information content (AvgIpc) is 2.96. The van der Waals surface area contributed by atoms with Crippen molar-refractivity contribution >= 4 is 17.3 Å². The Bertz CT molecular complexity index is 893. The SMILES string of the molecule is Cc1cc(C(=O)Nc2ccc(N(C)C)cc2C(F)(F)F)c(C)n1C1CCCCC1. The Morgan fingerprint density at radius 2 is 1.76 bits per heavy atom. The van der Waals surface area contributed by atoms with Gasteiger partial charge in [0.1, 0.15) is 0 Å². The summed E-state index contributed by atoms with van der Waals surface area (Å²) in [6.07, 6.45) is 1.14. The number of hydrogen-bond acceptors (Lipinski definition) is 2. The van der Waals surface area contributed by atoms with Gasteiger partial charge in [0.05, 0.1) is 16.8 Å². The normalized spacial score (nSPS) is 15.4. The quantitative estimate of drug-likeness (QED) is 0.680. The van der Waals surface area contributed by atoms with Crippen LogP contribution >= 0.6 is 0 Å². The van der Waals surface area contributed by atoms with Gasteiger partial charge < -0.3 is 14.8 Å². The average molecular weight is 407 g/mol. The molecule has 0 radical (unpaired) electrons. The number of carbonyl (C=O) groups is 1. The van der Waals surface area contributed by atoms with Crippen molar-refractivity contribution in [3.8, 4) is 0 Å². The van der Waals surface area contributed by atoms with Crippen LogP contribution in [0.2, 0.25) is 0 Å². The Hall–Kier alpha value is -2.44. The molecule has 1 amide bonds. The van der Waals surface area contributed by atoms with Crippen molar-refractivity contribution in [2.45, 2.75) is 58.2 Å². The highest BCUT2D eigenvalue weighted by atomic mass is 19.4. The van der Waals surface area contributed by atoms with Gasteiger partial charge in [-0.25, -0.2) is 0 Å². The molecule has 2 aromatic rings. The maximum absolute atomic E-state index is 13.6. The van der Waals surface area contributed by atoms with Gasteiger partial charge in [0.2, 0.25) is 0 Å². The highest BCUT2D eigenvalue weighted by Crippen LogP contribution is 2.38. The Morgan fingerprint density at radius 3 is 2.34 bits per heavy atom. The zero-order valence-electron chi connectivity index (χ0n) is 17.4. The van der Waals surface area contributed by atoms with Crippen LogP contribution in [0, 0.1) is 13.8 Å². The van der Waals surface area contributed by atoms with E-state index in [2.05, 4.69) is 9.88 Å². The summed E-state index contributed by atoms with van der Waals surface area (Å²) in [4.78, 5) is 14.5. The van der Waals surface area contributed by atoms with Crippen molar-refractivity contribution in [2.75, 3.05) is 24.3 Å². The van der Waals surface area contributed by atoms with Gasteiger partial charge in [-0.15, -0.1) is 0 Å². The second-order valence-corrected chi connectivity index (χ2v) is 8.02. The largest absolute Gasteiger partial charge is 0.418 e. The second kappa shape index (κ2) is 8.13. The number of rotatable bonds is 4. The van der Waals surface area contributed by atoms with Crippen molar-refractivity contribution in [3.63, 3.8) is 0 Å². The molecular formula is C22H28F3N3O. The van der Waals surface area contributed by atoms with E-state index in [9.17, 15) is 18.0 Å². The number of aromatic nitrogens is 1. The van der Waals surface area contributed by atoms with Crippen LogP contribution in [0.5, 0.6) is 0 Å². The smallest absolute Gasteiger partial charge is 0.378 e. The number of carbonyl (C=O) groups excluding carboxylic acids is 1. The third-order valence-electron chi connectivity index (χ3n) is 5.74. The minimum atomic E-state index is -4.56. The first kappa shape index (κ1) is 21.3. The lowest BCUT2D eigenvalue weighted by Crippen LogP contribution is -2.19. The molecule has 0 aliphatic heterocycles. The lowest BCUT2D eigenvalue weighted by Gasteiger charge is -2.26. The summed E-state index contributed by atoms with van der Waals surface area (Å²) in [7, 11) is 3.35. The number of nitrogens with one attached hydrogen (secondary N) is 1. The lowest BCUT2D eigenvalue weighted by molar-refractivity contribution is -0.136. The van der Waals surface area contributed by atoms with Crippen molar-refractivity contribution in [1.29, 1.82) is 0 Å². The van der Waals surface area contributed by atoms with Gasteiger partial charge in [-0.05, 0) is 51.0 Å². The summed E-state index contributed by atoms with van der Waals surface area (Å²) in [6.45, 7) is 3.82. The van der Waals surface area contributed by atoms with Gasteiger partial charge in [0.25, 0.3) is 5.91 Å². The van der Waals surface area contributed by atoms with Crippen LogP contribution < -0.4 is 10.2 Å². The molecule has 1 heterocycles. The van der Waals surface area contributed by atoms with Gasteiger partial charge in [-0.1, -0.05) is 19.3 Å². The number of hydrogen-bond donors (Lipinski definition) is 1. The van der Waals surface area contributed by atoms with Gasteiger partial charge in [-0.2, -0.15) is 13.2 Å². The number of alkyl halides is 3. The minimum absolute atomic E-state index is 0.226. The van der Waals surface area contributed by atoms with E-state index in [1.807, 2.05) is 13.8 Å². The van der Waals surface area contributed by atoms with Crippen molar-refractivity contribution in [2.24, 2.45) is 0 Å². The fourth-order valence-corrected chi connectivity index (χ4v) is 4.25. The zero-order valence-corrected chi connectivity index (χ0v) is 17.4. The van der Waals surface area contributed by atoms with Crippen LogP contribution in [-0.2, 0) is 6.18 Å². The van der Waals surface area contributed by atoms with E-state index in [0.29, 0.717) is 17.3 Å². The summed E-state index contributed by atoms with van der Waals surface area (Å²) < 4.78 is 42.9. The highest BCUT2D eigenvalue weighted by molar-refractivity contribution is 6.05. The number of halogens is 3. The standard InChI is InChI=1S/C22H28F3N3O/c1-14-12-18(15(2)28(14)16-8-6-5-7-9-16)21(29)26-20-11-10-17(27(3)4)13-19(20)22(23,24)25/h10-13,16H,5-9H2,1-4H3,(H,26,29). The van der Waals surface area contributed by atoms with Crippen molar-refractivity contribution in [3.05, 3.63) is 46.8 Å². The fourth-order valence-electron chi connectivity index (χ4n) is 4.25. The molecule has 7 heteroatoms. The summed E-state index contributed by atoms with van der Waals surface area (Å²) >= 11 is 0. The number of nitrogens with zero attached hydrogens (tertiary/aromatic N) is 2. The summed E-state index contributed by atoms with van der Waals surface area (Å²) in [5.74, 6) is -0.511. The predicted molar refractivity (Wildman–Crippen MR) is 110 cm³/mol. The molecule has 29 heavy (non-hydrogen) atoms. The molecule has 0 bridgehead atoms. The highest BCUT2D eigenvalue weighted by Gasteiger charge is 2.35. The second-order valence-electron chi connectivity index (χ2n) is 8.02. The molecule has 0 atom stereocenters. The molecule has 1 aliphatic rings. The van der Waals surface area contributed by atoms with Crippen LogP contribution in [0.15, 0.2) is 24.3 Å². The molecule has 1 N–H and O–H groups in total. The molecule has 0 saturated heterocycles. The topological polar surface area (TPSA) is 37.3 Å². The maximum atomic E-state index is 13.6. The lowest BCUT2D eigenvalue weighted by atomic mass is 9.95. The number of aryl methyl sites for hydroxylation is 1. The Kier molecular flexibility index (Phi) is 5.96. The van der Waals surface area contributed by atoms with E-state index in [1.54, 1.807) is 31.1 Å². The zero-order chi connectivity index (χ0) is 21.3. The van der Waals surface area contributed by atoms with Crippen LogP contribution in [0.3, 0.4) is 0 Å². The molecule has 1 aromatic heterocycles. The Balaban J connectivity index is 1.91. The molecule has 1 saturated carbocycles. The molecule has 4 nitrogen and oxygen atoms in total. The van der Waals surface area contributed by atoms with Crippen LogP contribution in [0.1, 0.15) is 65.5 Å². The molecule has 158 valence electrons. The van der Waals surface area contributed by atoms with Gasteiger partial charge in [0.15, 0.2) is 0 Å². The Labute approximate surface area is 169 Å². The van der Waals surface area contributed by atoms with Gasteiger partial charge in [0, 0.05) is 37.2 Å². The van der Waals surface area contributed by atoms with Gasteiger partial charge >= 0.3 is 6.18 Å². The van der Waals surface area contributed by atoms with E-state index in [1.165, 1.54) is 12.5 Å². The monoisotopic (exact) mass is 407 g/mol. The summed E-state index contributed by atoms with van der Waals surface area (Å²) in [6, 6.07) is 6.07. The van der Waals surface area contributed by atoms with Crippen LogP contribution in [0.25, 0.3) is 0 Å². The molecular weight excluding hydrogens is 379 g/mol. The van der Waals surface area contributed by atoms with Gasteiger partial charge in [-0.3, -0.25) is 4.79 Å². The fraction of sp³-hybridized carbons (Fsp3) is 0.500. The molecule has 1 aromatic carbocycles. The number of amides is 1. The minimum Gasteiger partial charge on any atom is -0.378 e. The first-order valence-corrected chi connectivity index (χ1v) is 9.98. The molecule has 3 rings (SSSR count). The van der Waals surface area contributed by atoms with Crippen LogP contribution in [-0.4, -0.2) is 24.6 Å². The maximum Gasteiger partial charge on any atom is 0.418 e. The van der Waals surface area contributed by atoms with E-state index >= 15 is 0 Å². The number of benzene rings is 1. The molecule has 0 unspecified atom stereocenters. The van der Waals surface area contributed by atoms with E-state index in [-0.39, 0.29) is 5.69 Å². The Morgan fingerprint density at radius 1 is 1.10 bits per heavy atom. The van der Waals surface area contributed by atoms with E-state index < -0.39 is 17.6 Å². The number of anilines is 2. The predicted octanol–water partition coefficient (Wildman–Crippen LogP) is 5.95. The molecule has 1 aliphatic carbocycles. The van der Waals surface area contributed by atoms with Crippen molar-refractivity contribution < 1.29 is 18.0 Å². The molecule has 0 spiro atoms. The first-order chi connectivity index (χ1) is 13.6.